The molecule has 1 heterocycles. The molecule has 22 heavy (non-hydrogen) atoms. The molecule has 120 valence electrons. The molecule has 6 heteroatoms. The van der Waals surface area contributed by atoms with Crippen LogP contribution >= 0.6 is 0 Å². The standard InChI is InChI=1S/C16H20FNO4/c1-16(2,3)22-15(20)18-11-4-5-12(14(17)6-11)13-9-21-8-10(13)7-19/h4-7,10,13H,8-9H2,1-3H3,(H,18,20)/t10-,13-/m1/s1. The normalized spacial score (nSPS) is 21.5. The second kappa shape index (κ2) is 6.44. The molecule has 0 unspecified atom stereocenters. The van der Waals surface area contributed by atoms with Crippen molar-refractivity contribution in [2.75, 3.05) is 18.5 Å². The van der Waals surface area contributed by atoms with E-state index in [4.69, 9.17) is 9.47 Å². The van der Waals surface area contributed by atoms with E-state index in [1.165, 1.54) is 6.07 Å². The van der Waals surface area contributed by atoms with Crippen molar-refractivity contribution in [3.05, 3.63) is 29.6 Å². The van der Waals surface area contributed by atoms with Crippen molar-refractivity contribution in [2.45, 2.75) is 32.3 Å². The lowest BCUT2D eigenvalue weighted by Gasteiger charge is -2.20. The first-order valence-electron chi connectivity index (χ1n) is 7.12. The molecule has 1 amide bonds. The summed E-state index contributed by atoms with van der Waals surface area (Å²) in [4.78, 5) is 22.6. The third-order valence-electron chi connectivity index (χ3n) is 3.34. The van der Waals surface area contributed by atoms with Crippen molar-refractivity contribution in [2.24, 2.45) is 5.92 Å². The van der Waals surface area contributed by atoms with Crippen LogP contribution in [0.1, 0.15) is 32.3 Å². The largest absolute Gasteiger partial charge is 0.444 e. The number of amides is 1. The van der Waals surface area contributed by atoms with Gasteiger partial charge in [-0.3, -0.25) is 5.32 Å². The van der Waals surface area contributed by atoms with E-state index >= 15 is 0 Å². The molecule has 1 aromatic rings. The van der Waals surface area contributed by atoms with Crippen LogP contribution in [0.5, 0.6) is 0 Å². The van der Waals surface area contributed by atoms with Gasteiger partial charge in [0.05, 0.1) is 13.2 Å². The van der Waals surface area contributed by atoms with Crippen LogP contribution in [0.3, 0.4) is 0 Å². The van der Waals surface area contributed by atoms with Crippen LogP contribution in [-0.4, -0.2) is 31.2 Å². The van der Waals surface area contributed by atoms with E-state index in [1.807, 2.05) is 0 Å². The summed E-state index contributed by atoms with van der Waals surface area (Å²) < 4.78 is 24.6. The average molecular weight is 309 g/mol. The van der Waals surface area contributed by atoms with E-state index in [1.54, 1.807) is 32.9 Å². The summed E-state index contributed by atoms with van der Waals surface area (Å²) in [5.74, 6) is -1.09. The third-order valence-corrected chi connectivity index (χ3v) is 3.34. The highest BCUT2D eigenvalue weighted by molar-refractivity contribution is 5.84. The highest BCUT2D eigenvalue weighted by Crippen LogP contribution is 2.32. The van der Waals surface area contributed by atoms with Crippen molar-refractivity contribution in [1.29, 1.82) is 0 Å². The lowest BCUT2D eigenvalue weighted by molar-refractivity contribution is -0.111. The Bertz CT molecular complexity index is 568. The zero-order chi connectivity index (χ0) is 16.3. The van der Waals surface area contributed by atoms with Crippen LogP contribution in [0, 0.1) is 11.7 Å². The molecule has 0 saturated carbocycles. The summed E-state index contributed by atoms with van der Waals surface area (Å²) in [6.45, 7) is 5.87. The zero-order valence-corrected chi connectivity index (χ0v) is 12.9. The van der Waals surface area contributed by atoms with E-state index in [9.17, 15) is 14.0 Å². The van der Waals surface area contributed by atoms with Gasteiger partial charge in [-0.2, -0.15) is 0 Å². The molecular weight excluding hydrogens is 289 g/mol. The quantitative estimate of drug-likeness (QED) is 0.871. The average Bonchev–Trinajstić information content (AvgIpc) is 2.84. The minimum atomic E-state index is -0.644. The number of ether oxygens (including phenoxy) is 2. The van der Waals surface area contributed by atoms with Crippen molar-refractivity contribution in [3.63, 3.8) is 0 Å². The number of carbonyl (C=O) groups excluding carboxylic acids is 2. The molecule has 0 aromatic heterocycles. The minimum absolute atomic E-state index is 0.284. The molecule has 2 atom stereocenters. The van der Waals surface area contributed by atoms with Crippen LogP contribution in [0.25, 0.3) is 0 Å². The van der Waals surface area contributed by atoms with Gasteiger partial charge in [0.15, 0.2) is 0 Å². The predicted molar refractivity (Wildman–Crippen MR) is 79.4 cm³/mol. The Hall–Kier alpha value is -1.95. The fourth-order valence-electron chi connectivity index (χ4n) is 2.35. The SMILES string of the molecule is CC(C)(C)OC(=O)Nc1ccc([C@@H]2COC[C@H]2C=O)c(F)c1. The van der Waals surface area contributed by atoms with Gasteiger partial charge in [-0.15, -0.1) is 0 Å². The van der Waals surface area contributed by atoms with Gasteiger partial charge in [0.25, 0.3) is 0 Å². The maximum Gasteiger partial charge on any atom is 0.412 e. The number of nitrogens with one attached hydrogen (secondary N) is 1. The highest BCUT2D eigenvalue weighted by Gasteiger charge is 2.31. The van der Waals surface area contributed by atoms with Crippen LogP contribution in [0.4, 0.5) is 14.9 Å². The molecule has 1 saturated heterocycles. The number of halogens is 1. The van der Waals surface area contributed by atoms with E-state index in [0.29, 0.717) is 24.5 Å². The maximum absolute atomic E-state index is 14.2. The molecule has 0 radical (unpaired) electrons. The maximum atomic E-state index is 14.2. The minimum Gasteiger partial charge on any atom is -0.444 e. The fourth-order valence-corrected chi connectivity index (χ4v) is 2.35. The van der Waals surface area contributed by atoms with Crippen LogP contribution in [0.15, 0.2) is 18.2 Å². The smallest absolute Gasteiger partial charge is 0.412 e. The molecule has 1 aliphatic heterocycles. The Labute approximate surface area is 128 Å². The number of anilines is 1. The lowest BCUT2D eigenvalue weighted by atomic mass is 9.89. The molecule has 0 bridgehead atoms. The second-order valence-corrected chi connectivity index (χ2v) is 6.31. The zero-order valence-electron chi connectivity index (χ0n) is 12.9. The first-order valence-corrected chi connectivity index (χ1v) is 7.12. The van der Waals surface area contributed by atoms with Crippen LogP contribution in [0.2, 0.25) is 0 Å². The molecule has 0 spiro atoms. The van der Waals surface area contributed by atoms with Crippen molar-refractivity contribution >= 4 is 18.1 Å². The lowest BCUT2D eigenvalue weighted by Crippen LogP contribution is -2.27. The van der Waals surface area contributed by atoms with Crippen molar-refractivity contribution in [1.82, 2.24) is 0 Å². The van der Waals surface area contributed by atoms with Crippen LogP contribution in [-0.2, 0) is 14.3 Å². The molecule has 2 rings (SSSR count). The summed E-state index contributed by atoms with van der Waals surface area (Å²) in [7, 11) is 0. The van der Waals surface area contributed by atoms with E-state index < -0.39 is 17.5 Å². The highest BCUT2D eigenvalue weighted by atomic mass is 19.1. The predicted octanol–water partition coefficient (Wildman–Crippen LogP) is 3.10. The van der Waals surface area contributed by atoms with E-state index in [-0.39, 0.29) is 11.8 Å². The molecule has 5 nitrogen and oxygen atoms in total. The van der Waals surface area contributed by atoms with Gasteiger partial charge in [-0.05, 0) is 38.5 Å². The topological polar surface area (TPSA) is 64.6 Å². The Morgan fingerprint density at radius 1 is 1.41 bits per heavy atom. The molecular formula is C16H20FNO4. The number of hydrogen-bond acceptors (Lipinski definition) is 4. The summed E-state index contributed by atoms with van der Waals surface area (Å²) in [5, 5.41) is 2.48. The van der Waals surface area contributed by atoms with Gasteiger partial charge in [0.2, 0.25) is 0 Å². The summed E-state index contributed by atoms with van der Waals surface area (Å²) in [6.07, 6.45) is 0.152. The van der Waals surface area contributed by atoms with Crippen molar-refractivity contribution in [3.8, 4) is 0 Å². The van der Waals surface area contributed by atoms with Gasteiger partial charge in [-0.25, -0.2) is 9.18 Å². The molecule has 1 aliphatic rings. The Kier molecular flexibility index (Phi) is 4.81. The number of aldehydes is 1. The Morgan fingerprint density at radius 3 is 2.73 bits per heavy atom. The van der Waals surface area contributed by atoms with Gasteiger partial charge >= 0.3 is 6.09 Å². The Balaban J connectivity index is 2.10. The first-order chi connectivity index (χ1) is 10.3. The molecule has 0 aliphatic carbocycles. The van der Waals surface area contributed by atoms with Gasteiger partial charge in [0, 0.05) is 17.5 Å². The monoisotopic (exact) mass is 309 g/mol. The molecule has 1 aromatic carbocycles. The Morgan fingerprint density at radius 2 is 2.14 bits per heavy atom. The third kappa shape index (κ3) is 4.04. The van der Waals surface area contributed by atoms with Crippen LogP contribution < -0.4 is 5.32 Å². The van der Waals surface area contributed by atoms with E-state index in [2.05, 4.69) is 5.32 Å². The second-order valence-electron chi connectivity index (χ2n) is 6.31. The van der Waals surface area contributed by atoms with Gasteiger partial charge < -0.3 is 14.3 Å². The summed E-state index contributed by atoms with van der Waals surface area (Å²) >= 11 is 0. The number of benzene rings is 1. The fraction of sp³-hybridized carbons (Fsp3) is 0.500. The first kappa shape index (κ1) is 16.4. The van der Waals surface area contributed by atoms with Gasteiger partial charge in [-0.1, -0.05) is 6.07 Å². The summed E-state index contributed by atoms with van der Waals surface area (Å²) in [6, 6.07) is 4.37. The summed E-state index contributed by atoms with van der Waals surface area (Å²) in [5.41, 5.74) is 0.0995. The number of carbonyl (C=O) groups is 2. The molecule has 1 fully saturated rings. The number of rotatable bonds is 3. The number of hydrogen-bond donors (Lipinski definition) is 1. The van der Waals surface area contributed by atoms with Crippen molar-refractivity contribution < 1.29 is 23.5 Å². The van der Waals surface area contributed by atoms with E-state index in [0.717, 1.165) is 6.29 Å². The molecule has 1 N–H and O–H groups in total. The van der Waals surface area contributed by atoms with Gasteiger partial charge in [0.1, 0.15) is 17.7 Å².